The zero-order valence-electron chi connectivity index (χ0n) is 12.9. The van der Waals surface area contributed by atoms with Crippen LogP contribution < -0.4 is 5.32 Å². The van der Waals surface area contributed by atoms with Crippen molar-refractivity contribution in [2.45, 2.75) is 51.5 Å². The molecule has 1 amide bonds. The summed E-state index contributed by atoms with van der Waals surface area (Å²) in [5.74, 6) is 0.410. The van der Waals surface area contributed by atoms with E-state index in [9.17, 15) is 4.79 Å². The van der Waals surface area contributed by atoms with Gasteiger partial charge in [-0.3, -0.25) is 4.79 Å². The smallest absolute Gasteiger partial charge is 0.230 e. The van der Waals surface area contributed by atoms with E-state index in [-0.39, 0.29) is 5.41 Å². The van der Waals surface area contributed by atoms with Gasteiger partial charge in [0.05, 0.1) is 11.5 Å². The van der Waals surface area contributed by atoms with Gasteiger partial charge in [-0.15, -0.1) is 11.3 Å². The number of hydrogen-bond donors (Lipinski definition) is 1. The minimum atomic E-state index is -0.146. The van der Waals surface area contributed by atoms with Gasteiger partial charge in [-0.05, 0) is 50.1 Å². The summed E-state index contributed by atoms with van der Waals surface area (Å²) in [6, 6.07) is 4.62. The first-order valence-electron chi connectivity index (χ1n) is 8.32. The first-order valence-corrected chi connectivity index (χ1v) is 9.20. The number of likely N-dealkylation sites (tertiary alicyclic amines) is 1. The van der Waals surface area contributed by atoms with Crippen LogP contribution in [-0.2, 0) is 4.79 Å². The Hall–Kier alpha value is -0.870. The number of piperidine rings is 1. The third kappa shape index (κ3) is 2.88. The van der Waals surface area contributed by atoms with Gasteiger partial charge >= 0.3 is 0 Å². The molecule has 0 aromatic carbocycles. The van der Waals surface area contributed by atoms with Crippen LogP contribution in [0, 0.1) is 5.41 Å². The second-order valence-electron chi connectivity index (χ2n) is 6.48. The minimum Gasteiger partial charge on any atom is -0.334 e. The molecule has 0 spiro atoms. The number of thiophene rings is 1. The number of carbonyl (C=O) groups excluding carboxylic acids is 1. The molecule has 116 valence electrons. The van der Waals surface area contributed by atoms with E-state index in [1.54, 1.807) is 11.3 Å². The van der Waals surface area contributed by atoms with E-state index in [2.05, 4.69) is 34.7 Å². The Balaban J connectivity index is 1.81. The number of nitrogens with zero attached hydrogens (tertiary/aromatic N) is 1. The summed E-state index contributed by atoms with van der Waals surface area (Å²) >= 11 is 1.79. The van der Waals surface area contributed by atoms with Crippen molar-refractivity contribution in [3.8, 4) is 0 Å². The van der Waals surface area contributed by atoms with E-state index in [4.69, 9.17) is 0 Å². The van der Waals surface area contributed by atoms with Crippen LogP contribution in [0.15, 0.2) is 17.5 Å². The van der Waals surface area contributed by atoms with Crippen LogP contribution in [0.5, 0.6) is 0 Å². The van der Waals surface area contributed by atoms with Gasteiger partial charge in [0.2, 0.25) is 5.91 Å². The molecular formula is C17H26N2OS. The maximum absolute atomic E-state index is 13.3. The van der Waals surface area contributed by atoms with Crippen molar-refractivity contribution in [1.82, 2.24) is 10.2 Å². The van der Waals surface area contributed by atoms with Crippen molar-refractivity contribution in [3.63, 3.8) is 0 Å². The van der Waals surface area contributed by atoms with Gasteiger partial charge in [-0.25, -0.2) is 0 Å². The molecule has 0 aliphatic carbocycles. The Labute approximate surface area is 131 Å². The lowest BCUT2D eigenvalue weighted by atomic mass is 9.75. The molecule has 1 N–H and O–H groups in total. The largest absolute Gasteiger partial charge is 0.334 e. The van der Waals surface area contributed by atoms with Gasteiger partial charge in [-0.1, -0.05) is 19.4 Å². The van der Waals surface area contributed by atoms with Crippen LogP contribution in [0.2, 0.25) is 0 Å². The molecule has 0 bridgehead atoms. The molecule has 1 aromatic rings. The Bertz CT molecular complexity index is 460. The van der Waals surface area contributed by atoms with Crippen LogP contribution in [-0.4, -0.2) is 30.4 Å². The lowest BCUT2D eigenvalue weighted by Gasteiger charge is -2.40. The van der Waals surface area contributed by atoms with Gasteiger partial charge in [-0.2, -0.15) is 0 Å². The number of carbonyl (C=O) groups is 1. The highest BCUT2D eigenvalue weighted by Gasteiger charge is 2.44. The number of amides is 1. The van der Waals surface area contributed by atoms with Crippen molar-refractivity contribution >= 4 is 17.2 Å². The minimum absolute atomic E-state index is 0.146. The predicted molar refractivity (Wildman–Crippen MR) is 87.5 cm³/mol. The van der Waals surface area contributed by atoms with E-state index in [1.807, 2.05) is 0 Å². The SMILES string of the molecule is CCCC1(C(=O)N2CCCC2c2cccs2)CCCNC1. The Kier molecular flexibility index (Phi) is 4.65. The molecule has 3 heterocycles. The van der Waals surface area contributed by atoms with Crippen molar-refractivity contribution in [2.75, 3.05) is 19.6 Å². The summed E-state index contributed by atoms with van der Waals surface area (Å²) in [4.78, 5) is 16.9. The molecule has 0 saturated carbocycles. The molecular weight excluding hydrogens is 280 g/mol. The standard InChI is InChI=1S/C17H26N2OS/c1-2-8-17(9-5-10-18-13-17)16(20)19-11-3-6-14(19)15-7-4-12-21-15/h4,7,12,14,18H,2-3,5-6,8-11,13H2,1H3. The lowest BCUT2D eigenvalue weighted by molar-refractivity contribution is -0.144. The zero-order chi connectivity index (χ0) is 14.7. The molecule has 4 heteroatoms. The maximum Gasteiger partial charge on any atom is 0.230 e. The number of nitrogens with one attached hydrogen (secondary N) is 1. The molecule has 2 saturated heterocycles. The van der Waals surface area contributed by atoms with E-state index in [1.165, 1.54) is 4.88 Å². The summed E-state index contributed by atoms with van der Waals surface area (Å²) in [5, 5.41) is 5.59. The second kappa shape index (κ2) is 6.49. The summed E-state index contributed by atoms with van der Waals surface area (Å²) in [5.41, 5.74) is -0.146. The summed E-state index contributed by atoms with van der Waals surface area (Å²) in [6.07, 6.45) is 6.56. The Morgan fingerprint density at radius 1 is 1.52 bits per heavy atom. The zero-order valence-corrected chi connectivity index (χ0v) is 13.8. The average molecular weight is 306 g/mol. The summed E-state index contributed by atoms with van der Waals surface area (Å²) < 4.78 is 0. The molecule has 1 aromatic heterocycles. The van der Waals surface area contributed by atoms with Crippen LogP contribution in [0.25, 0.3) is 0 Å². The van der Waals surface area contributed by atoms with Crippen LogP contribution in [0.4, 0.5) is 0 Å². The van der Waals surface area contributed by atoms with Crippen LogP contribution >= 0.6 is 11.3 Å². The van der Waals surface area contributed by atoms with Crippen molar-refractivity contribution < 1.29 is 4.79 Å². The van der Waals surface area contributed by atoms with Gasteiger partial charge in [0.25, 0.3) is 0 Å². The lowest BCUT2D eigenvalue weighted by Crippen LogP contribution is -2.51. The van der Waals surface area contributed by atoms with Gasteiger partial charge < -0.3 is 10.2 Å². The molecule has 2 aliphatic heterocycles. The molecule has 3 rings (SSSR count). The van der Waals surface area contributed by atoms with E-state index >= 15 is 0 Å². The summed E-state index contributed by atoms with van der Waals surface area (Å²) in [7, 11) is 0. The van der Waals surface area contributed by atoms with Crippen LogP contribution in [0.1, 0.15) is 56.4 Å². The van der Waals surface area contributed by atoms with Gasteiger partial charge in [0.15, 0.2) is 0 Å². The fourth-order valence-electron chi connectivity index (χ4n) is 4.04. The first kappa shape index (κ1) is 15.0. The highest BCUT2D eigenvalue weighted by Crippen LogP contribution is 2.41. The molecule has 2 atom stereocenters. The topological polar surface area (TPSA) is 32.3 Å². The average Bonchev–Trinajstić information content (AvgIpc) is 3.18. The highest BCUT2D eigenvalue weighted by molar-refractivity contribution is 7.10. The molecule has 21 heavy (non-hydrogen) atoms. The van der Waals surface area contributed by atoms with Gasteiger partial charge in [0.1, 0.15) is 0 Å². The maximum atomic E-state index is 13.3. The van der Waals surface area contributed by atoms with E-state index < -0.39 is 0 Å². The Morgan fingerprint density at radius 2 is 2.43 bits per heavy atom. The summed E-state index contributed by atoms with van der Waals surface area (Å²) in [6.45, 7) is 5.07. The highest BCUT2D eigenvalue weighted by atomic mass is 32.1. The van der Waals surface area contributed by atoms with Crippen LogP contribution in [0.3, 0.4) is 0 Å². The third-order valence-electron chi connectivity index (χ3n) is 5.04. The normalized spacial score (nSPS) is 29.8. The number of rotatable bonds is 4. The third-order valence-corrected chi connectivity index (χ3v) is 6.01. The quantitative estimate of drug-likeness (QED) is 0.922. The number of hydrogen-bond acceptors (Lipinski definition) is 3. The van der Waals surface area contributed by atoms with E-state index in [0.717, 1.165) is 58.2 Å². The molecule has 2 fully saturated rings. The molecule has 0 radical (unpaired) electrons. The molecule has 3 nitrogen and oxygen atoms in total. The first-order chi connectivity index (χ1) is 10.3. The second-order valence-corrected chi connectivity index (χ2v) is 7.46. The molecule has 2 aliphatic rings. The predicted octanol–water partition coefficient (Wildman–Crippen LogP) is 3.58. The van der Waals surface area contributed by atoms with Crippen molar-refractivity contribution in [2.24, 2.45) is 5.41 Å². The fraction of sp³-hybridized carbons (Fsp3) is 0.706. The fourth-order valence-corrected chi connectivity index (χ4v) is 4.91. The Morgan fingerprint density at radius 3 is 3.10 bits per heavy atom. The van der Waals surface area contributed by atoms with Crippen molar-refractivity contribution in [3.05, 3.63) is 22.4 Å². The molecule has 2 unspecified atom stereocenters. The van der Waals surface area contributed by atoms with E-state index in [0.29, 0.717) is 11.9 Å². The van der Waals surface area contributed by atoms with Crippen molar-refractivity contribution in [1.29, 1.82) is 0 Å². The monoisotopic (exact) mass is 306 g/mol. The van der Waals surface area contributed by atoms with Gasteiger partial charge in [0, 0.05) is 18.0 Å².